The van der Waals surface area contributed by atoms with E-state index in [9.17, 15) is 0 Å². The first-order valence-corrected chi connectivity index (χ1v) is 23.8. The summed E-state index contributed by atoms with van der Waals surface area (Å²) >= 11 is 0. The highest BCUT2D eigenvalue weighted by atomic mass is 15.1. The molecule has 0 aromatic carbocycles. The topological polar surface area (TPSA) is 17.8 Å². The van der Waals surface area contributed by atoms with Crippen LogP contribution in [0, 0.1) is 0 Å². The largest absolute Gasteiger partial charge is 0.332 e. The minimum atomic E-state index is 0.586. The summed E-state index contributed by atoms with van der Waals surface area (Å²) in [4.78, 5) is 5.06. The maximum Gasteiger partial charge on any atom is 0.111 e. The van der Waals surface area contributed by atoms with Crippen molar-refractivity contribution in [3.63, 3.8) is 0 Å². The molecule has 1 aromatic rings. The van der Waals surface area contributed by atoms with Crippen molar-refractivity contribution < 1.29 is 0 Å². The number of unbranched alkanes of at least 4 members (excludes halogenated alkanes) is 33. The van der Waals surface area contributed by atoms with Gasteiger partial charge in [0.2, 0.25) is 0 Å². The molecule has 0 aliphatic rings. The molecule has 0 N–H and O–H groups in total. The monoisotopic (exact) mass is 699 g/mol. The Bertz CT molecular complexity index is 768. The van der Waals surface area contributed by atoms with Crippen LogP contribution in [0.25, 0.3) is 0 Å². The molecule has 1 aromatic heterocycles. The molecule has 0 radical (unpaired) electrons. The SMILES string of the molecule is CCCCCCCCCCCCCCCCC(CCCCCCCCCCCCCC)c1nccn1C(C)CCCCCCCCCCCC. The summed E-state index contributed by atoms with van der Waals surface area (Å²) in [6.45, 7) is 9.41. The first-order valence-electron chi connectivity index (χ1n) is 23.8. The minimum Gasteiger partial charge on any atom is -0.332 e. The predicted molar refractivity (Wildman–Crippen MR) is 227 cm³/mol. The van der Waals surface area contributed by atoms with Crippen LogP contribution in [0.3, 0.4) is 0 Å². The molecule has 2 heteroatoms. The van der Waals surface area contributed by atoms with E-state index in [-0.39, 0.29) is 0 Å². The average Bonchev–Trinajstić information content (AvgIpc) is 3.62. The summed E-state index contributed by atoms with van der Waals surface area (Å²) in [5.41, 5.74) is 0. The van der Waals surface area contributed by atoms with Gasteiger partial charge in [-0.2, -0.15) is 0 Å². The van der Waals surface area contributed by atoms with Crippen molar-refractivity contribution in [3.8, 4) is 0 Å². The van der Waals surface area contributed by atoms with Crippen LogP contribution in [0.4, 0.5) is 0 Å². The Hall–Kier alpha value is -0.790. The van der Waals surface area contributed by atoms with Crippen molar-refractivity contribution in [1.29, 1.82) is 0 Å². The van der Waals surface area contributed by atoms with Gasteiger partial charge in [0.1, 0.15) is 5.82 Å². The van der Waals surface area contributed by atoms with E-state index in [2.05, 4.69) is 44.7 Å². The lowest BCUT2D eigenvalue weighted by Gasteiger charge is -2.22. The van der Waals surface area contributed by atoms with E-state index in [1.807, 2.05) is 0 Å². The highest BCUT2D eigenvalue weighted by molar-refractivity contribution is 5.02. The van der Waals surface area contributed by atoms with E-state index in [0.717, 1.165) is 0 Å². The molecule has 0 amide bonds. The van der Waals surface area contributed by atoms with Gasteiger partial charge in [-0.05, 0) is 26.2 Å². The van der Waals surface area contributed by atoms with Crippen LogP contribution in [-0.4, -0.2) is 9.55 Å². The van der Waals surface area contributed by atoms with E-state index in [1.54, 1.807) is 0 Å². The van der Waals surface area contributed by atoms with Crippen LogP contribution < -0.4 is 0 Å². The summed E-state index contributed by atoms with van der Waals surface area (Å²) < 4.78 is 2.60. The van der Waals surface area contributed by atoms with Crippen molar-refractivity contribution in [2.24, 2.45) is 0 Å². The molecule has 296 valence electrons. The number of rotatable bonds is 41. The van der Waals surface area contributed by atoms with Crippen molar-refractivity contribution in [2.75, 3.05) is 0 Å². The molecule has 2 nitrogen and oxygen atoms in total. The number of nitrogens with zero attached hydrogens (tertiary/aromatic N) is 2. The van der Waals surface area contributed by atoms with Gasteiger partial charge in [0.25, 0.3) is 0 Å². The van der Waals surface area contributed by atoms with Gasteiger partial charge in [-0.15, -0.1) is 0 Å². The highest BCUT2D eigenvalue weighted by Gasteiger charge is 2.19. The second-order valence-corrected chi connectivity index (χ2v) is 16.8. The van der Waals surface area contributed by atoms with Crippen molar-refractivity contribution in [2.45, 2.75) is 290 Å². The molecular weight excluding hydrogens is 605 g/mol. The first-order chi connectivity index (χ1) is 24.7. The summed E-state index contributed by atoms with van der Waals surface area (Å²) in [6, 6.07) is 0.586. The number of hydrogen-bond donors (Lipinski definition) is 0. The Morgan fingerprint density at radius 3 is 0.940 bits per heavy atom. The smallest absolute Gasteiger partial charge is 0.111 e. The van der Waals surface area contributed by atoms with Crippen LogP contribution >= 0.6 is 0 Å². The van der Waals surface area contributed by atoms with Gasteiger partial charge in [-0.25, -0.2) is 4.98 Å². The molecule has 0 saturated carbocycles. The summed E-state index contributed by atoms with van der Waals surface area (Å²) in [5.74, 6) is 2.07. The highest BCUT2D eigenvalue weighted by Crippen LogP contribution is 2.31. The van der Waals surface area contributed by atoms with Gasteiger partial charge in [-0.3, -0.25) is 0 Å². The number of imidazole rings is 1. The van der Waals surface area contributed by atoms with E-state index < -0.39 is 0 Å². The number of aromatic nitrogens is 2. The standard InChI is InChI=1S/C48H94N2/c1-5-8-11-14-17-20-23-25-26-28-31-34-37-40-43-47(42-39-36-33-30-27-24-21-18-15-12-9-6-2)48-49-44-45-50(48)46(4)41-38-35-32-29-22-19-16-13-10-7-3/h44-47H,5-43H2,1-4H3. The quantitative estimate of drug-likeness (QED) is 0.0623. The minimum absolute atomic E-state index is 0.586. The molecule has 0 aliphatic heterocycles. The maximum atomic E-state index is 5.06. The summed E-state index contributed by atoms with van der Waals surface area (Å²) in [7, 11) is 0. The molecule has 0 spiro atoms. The normalized spacial score (nSPS) is 13.0. The van der Waals surface area contributed by atoms with Crippen LogP contribution in [0.15, 0.2) is 12.4 Å². The second kappa shape index (κ2) is 38.0. The Morgan fingerprint density at radius 2 is 0.640 bits per heavy atom. The molecule has 0 saturated heterocycles. The van der Waals surface area contributed by atoms with Gasteiger partial charge < -0.3 is 4.57 Å². The lowest BCUT2D eigenvalue weighted by atomic mass is 9.92. The fraction of sp³-hybridized carbons (Fsp3) is 0.938. The summed E-state index contributed by atoms with van der Waals surface area (Å²) in [6.07, 6.45) is 60.1. The van der Waals surface area contributed by atoms with Gasteiger partial charge >= 0.3 is 0 Å². The molecule has 1 rings (SSSR count). The molecule has 0 fully saturated rings. The van der Waals surface area contributed by atoms with Gasteiger partial charge in [0.05, 0.1) is 0 Å². The molecule has 0 aliphatic carbocycles. The molecule has 50 heavy (non-hydrogen) atoms. The zero-order valence-corrected chi connectivity index (χ0v) is 35.3. The van der Waals surface area contributed by atoms with E-state index in [1.165, 1.54) is 256 Å². The van der Waals surface area contributed by atoms with E-state index >= 15 is 0 Å². The van der Waals surface area contributed by atoms with Crippen LogP contribution in [0.2, 0.25) is 0 Å². The fourth-order valence-corrected chi connectivity index (χ4v) is 8.30. The predicted octanol–water partition coefficient (Wildman–Crippen LogP) is 17.8. The third kappa shape index (κ3) is 28.8. The van der Waals surface area contributed by atoms with Crippen molar-refractivity contribution in [1.82, 2.24) is 9.55 Å². The molecule has 1 heterocycles. The van der Waals surface area contributed by atoms with Crippen LogP contribution in [0.1, 0.15) is 296 Å². The maximum absolute atomic E-state index is 5.06. The van der Waals surface area contributed by atoms with Crippen LogP contribution in [0.5, 0.6) is 0 Å². The Balaban J connectivity index is 2.38. The van der Waals surface area contributed by atoms with Gasteiger partial charge in [0.15, 0.2) is 0 Å². The third-order valence-corrected chi connectivity index (χ3v) is 11.8. The first kappa shape index (κ1) is 47.2. The fourth-order valence-electron chi connectivity index (χ4n) is 8.30. The van der Waals surface area contributed by atoms with Gasteiger partial charge in [-0.1, -0.05) is 252 Å². The van der Waals surface area contributed by atoms with E-state index in [4.69, 9.17) is 4.98 Å². The molecule has 2 atom stereocenters. The Kier molecular flexibility index (Phi) is 35.8. The lowest BCUT2D eigenvalue weighted by Crippen LogP contribution is -2.13. The molecular formula is C48H94N2. The third-order valence-electron chi connectivity index (χ3n) is 11.8. The van der Waals surface area contributed by atoms with Crippen LogP contribution in [-0.2, 0) is 0 Å². The van der Waals surface area contributed by atoms with Crippen molar-refractivity contribution >= 4 is 0 Å². The Labute approximate surface area is 316 Å². The Morgan fingerprint density at radius 1 is 0.380 bits per heavy atom. The van der Waals surface area contributed by atoms with E-state index in [0.29, 0.717) is 12.0 Å². The zero-order valence-electron chi connectivity index (χ0n) is 35.3. The molecule has 2 unspecified atom stereocenters. The van der Waals surface area contributed by atoms with Gasteiger partial charge in [0, 0.05) is 24.4 Å². The second-order valence-electron chi connectivity index (χ2n) is 16.8. The average molecular weight is 699 g/mol. The lowest BCUT2D eigenvalue weighted by molar-refractivity contribution is 0.412. The molecule has 0 bridgehead atoms. The summed E-state index contributed by atoms with van der Waals surface area (Å²) in [5, 5.41) is 0. The zero-order chi connectivity index (χ0) is 36.0. The van der Waals surface area contributed by atoms with Crippen molar-refractivity contribution in [3.05, 3.63) is 18.2 Å². The number of hydrogen-bond acceptors (Lipinski definition) is 1.